The zero-order valence-corrected chi connectivity index (χ0v) is 12.2. The van der Waals surface area contributed by atoms with Crippen molar-refractivity contribution in [3.05, 3.63) is 24.0 Å². The van der Waals surface area contributed by atoms with Crippen LogP contribution in [0.2, 0.25) is 0 Å². The highest BCUT2D eigenvalue weighted by Crippen LogP contribution is 2.34. The van der Waals surface area contributed by atoms with Crippen molar-refractivity contribution < 1.29 is 9.53 Å². The molecule has 0 aliphatic carbocycles. The Balaban J connectivity index is 1.73. The van der Waals surface area contributed by atoms with Gasteiger partial charge in [0.25, 0.3) is 5.91 Å². The molecular formula is C15H21N3O2. The first kappa shape index (κ1) is 13.4. The van der Waals surface area contributed by atoms with Crippen LogP contribution in [-0.2, 0) is 0 Å². The van der Waals surface area contributed by atoms with Crippen LogP contribution in [0.3, 0.4) is 0 Å². The Bertz CT molecular complexity index is 506. The molecule has 3 heterocycles. The SMILES string of the molecule is COc1ccnc(C(=O)N2C3CC2CN(C(C)C)C3)c1. The molecule has 0 N–H and O–H groups in total. The van der Waals surface area contributed by atoms with Crippen LogP contribution >= 0.6 is 0 Å². The van der Waals surface area contributed by atoms with E-state index in [0.717, 1.165) is 19.5 Å². The largest absolute Gasteiger partial charge is 0.497 e. The molecule has 3 rings (SSSR count). The second kappa shape index (κ2) is 5.05. The highest BCUT2D eigenvalue weighted by molar-refractivity contribution is 5.93. The summed E-state index contributed by atoms with van der Waals surface area (Å²) >= 11 is 0. The van der Waals surface area contributed by atoms with Gasteiger partial charge in [0.15, 0.2) is 0 Å². The average molecular weight is 275 g/mol. The van der Waals surface area contributed by atoms with Crippen molar-refractivity contribution in [1.82, 2.24) is 14.8 Å². The molecule has 2 atom stereocenters. The summed E-state index contributed by atoms with van der Waals surface area (Å²) in [4.78, 5) is 21.2. The number of likely N-dealkylation sites (tertiary alicyclic amines) is 2. The fourth-order valence-corrected chi connectivity index (χ4v) is 3.18. The van der Waals surface area contributed by atoms with Gasteiger partial charge in [0.2, 0.25) is 0 Å². The maximum absolute atomic E-state index is 12.6. The number of hydrogen-bond acceptors (Lipinski definition) is 4. The van der Waals surface area contributed by atoms with Gasteiger partial charge in [-0.05, 0) is 26.3 Å². The molecule has 0 aromatic carbocycles. The Morgan fingerprint density at radius 2 is 2.10 bits per heavy atom. The van der Waals surface area contributed by atoms with Crippen LogP contribution in [-0.4, -0.2) is 59.0 Å². The second-order valence-corrected chi connectivity index (χ2v) is 5.88. The van der Waals surface area contributed by atoms with Gasteiger partial charge in [0.05, 0.1) is 7.11 Å². The zero-order chi connectivity index (χ0) is 14.3. The van der Waals surface area contributed by atoms with Crippen LogP contribution in [0.4, 0.5) is 0 Å². The number of carbonyl (C=O) groups excluding carboxylic acids is 1. The molecule has 2 aliphatic heterocycles. The van der Waals surface area contributed by atoms with Crippen molar-refractivity contribution in [2.24, 2.45) is 0 Å². The first-order valence-corrected chi connectivity index (χ1v) is 7.17. The van der Waals surface area contributed by atoms with E-state index in [1.165, 1.54) is 0 Å². The number of ether oxygens (including phenoxy) is 1. The Labute approximate surface area is 119 Å². The summed E-state index contributed by atoms with van der Waals surface area (Å²) in [5.41, 5.74) is 0.483. The smallest absolute Gasteiger partial charge is 0.273 e. The molecule has 0 radical (unpaired) electrons. The van der Waals surface area contributed by atoms with E-state index >= 15 is 0 Å². The highest BCUT2D eigenvalue weighted by Gasteiger charge is 2.47. The van der Waals surface area contributed by atoms with Crippen LogP contribution in [0, 0.1) is 0 Å². The van der Waals surface area contributed by atoms with Gasteiger partial charge < -0.3 is 9.64 Å². The molecule has 2 unspecified atom stereocenters. The Morgan fingerprint density at radius 3 is 2.70 bits per heavy atom. The summed E-state index contributed by atoms with van der Waals surface area (Å²) in [6.45, 7) is 6.37. The van der Waals surface area contributed by atoms with Crippen LogP contribution in [0.25, 0.3) is 0 Å². The molecular weight excluding hydrogens is 254 g/mol. The number of piperidine rings is 1. The lowest BCUT2D eigenvalue weighted by Crippen LogP contribution is -2.70. The van der Waals surface area contributed by atoms with Gasteiger partial charge in [-0.1, -0.05) is 0 Å². The van der Waals surface area contributed by atoms with Crippen molar-refractivity contribution >= 4 is 5.91 Å². The number of methoxy groups -OCH3 is 1. The summed E-state index contributed by atoms with van der Waals surface area (Å²) in [5.74, 6) is 0.714. The number of piperazine rings is 1. The van der Waals surface area contributed by atoms with Gasteiger partial charge in [0.1, 0.15) is 11.4 Å². The minimum atomic E-state index is 0.0357. The number of amides is 1. The van der Waals surface area contributed by atoms with E-state index < -0.39 is 0 Å². The van der Waals surface area contributed by atoms with Gasteiger partial charge in [-0.25, -0.2) is 0 Å². The number of carbonyl (C=O) groups is 1. The predicted octanol–water partition coefficient (Wildman–Crippen LogP) is 1.40. The topological polar surface area (TPSA) is 45.7 Å². The molecule has 2 bridgehead atoms. The third kappa shape index (κ3) is 2.16. The summed E-state index contributed by atoms with van der Waals surface area (Å²) in [6, 6.07) is 4.71. The molecule has 0 spiro atoms. The standard InChI is InChI=1S/C15H21N3O2/c1-10(2)17-8-11-6-12(9-17)18(11)15(19)14-7-13(20-3)4-5-16-14/h4-5,7,10-12H,6,8-9H2,1-3H3. The third-order valence-corrected chi connectivity index (χ3v) is 4.37. The van der Waals surface area contributed by atoms with Gasteiger partial charge >= 0.3 is 0 Å². The van der Waals surface area contributed by atoms with Crippen LogP contribution < -0.4 is 4.74 Å². The van der Waals surface area contributed by atoms with E-state index in [0.29, 0.717) is 29.6 Å². The highest BCUT2D eigenvalue weighted by atomic mass is 16.5. The fourth-order valence-electron chi connectivity index (χ4n) is 3.18. The van der Waals surface area contributed by atoms with E-state index in [9.17, 15) is 4.79 Å². The normalized spacial score (nSPS) is 25.5. The minimum Gasteiger partial charge on any atom is -0.497 e. The maximum atomic E-state index is 12.6. The molecule has 1 aromatic rings. The lowest BCUT2D eigenvalue weighted by atomic mass is 9.86. The zero-order valence-electron chi connectivity index (χ0n) is 12.2. The number of rotatable bonds is 3. The number of fused-ring (bicyclic) bond motifs is 2. The third-order valence-electron chi connectivity index (χ3n) is 4.37. The Morgan fingerprint density at radius 1 is 1.40 bits per heavy atom. The lowest BCUT2D eigenvalue weighted by molar-refractivity contribution is -0.0566. The second-order valence-electron chi connectivity index (χ2n) is 5.88. The molecule has 2 fully saturated rings. The molecule has 2 aliphatic rings. The average Bonchev–Trinajstić information content (AvgIpc) is 2.47. The van der Waals surface area contributed by atoms with E-state index in [1.807, 2.05) is 4.90 Å². The van der Waals surface area contributed by atoms with E-state index in [-0.39, 0.29) is 5.91 Å². The van der Waals surface area contributed by atoms with Crippen LogP contribution in [0.15, 0.2) is 18.3 Å². The monoisotopic (exact) mass is 275 g/mol. The van der Waals surface area contributed by atoms with Gasteiger partial charge in [-0.15, -0.1) is 0 Å². The summed E-state index contributed by atoms with van der Waals surface area (Å²) < 4.78 is 5.16. The quantitative estimate of drug-likeness (QED) is 0.836. The molecule has 1 amide bonds. The summed E-state index contributed by atoms with van der Waals surface area (Å²) in [5, 5.41) is 0. The molecule has 5 heteroatoms. The number of hydrogen-bond donors (Lipinski definition) is 0. The van der Waals surface area contributed by atoms with Gasteiger partial charge in [0, 0.05) is 43.5 Å². The van der Waals surface area contributed by atoms with E-state index in [1.54, 1.807) is 25.4 Å². The van der Waals surface area contributed by atoms with E-state index in [2.05, 4.69) is 23.7 Å². The summed E-state index contributed by atoms with van der Waals surface area (Å²) in [7, 11) is 1.60. The predicted molar refractivity (Wildman–Crippen MR) is 75.9 cm³/mol. The van der Waals surface area contributed by atoms with Crippen molar-refractivity contribution in [3.8, 4) is 5.75 Å². The number of aromatic nitrogens is 1. The first-order chi connectivity index (χ1) is 9.60. The van der Waals surface area contributed by atoms with Crippen molar-refractivity contribution in [2.45, 2.75) is 38.4 Å². The van der Waals surface area contributed by atoms with E-state index in [4.69, 9.17) is 4.74 Å². The molecule has 0 saturated carbocycles. The fraction of sp³-hybridized carbons (Fsp3) is 0.600. The molecule has 2 saturated heterocycles. The van der Waals surface area contributed by atoms with Crippen LogP contribution in [0.1, 0.15) is 30.8 Å². The van der Waals surface area contributed by atoms with Crippen LogP contribution in [0.5, 0.6) is 5.75 Å². The molecule has 108 valence electrons. The molecule has 20 heavy (non-hydrogen) atoms. The van der Waals surface area contributed by atoms with Crippen molar-refractivity contribution in [3.63, 3.8) is 0 Å². The number of pyridine rings is 1. The maximum Gasteiger partial charge on any atom is 0.273 e. The Kier molecular flexibility index (Phi) is 3.38. The minimum absolute atomic E-state index is 0.0357. The van der Waals surface area contributed by atoms with Gasteiger partial charge in [-0.3, -0.25) is 14.7 Å². The van der Waals surface area contributed by atoms with Crippen molar-refractivity contribution in [1.29, 1.82) is 0 Å². The first-order valence-electron chi connectivity index (χ1n) is 7.17. The van der Waals surface area contributed by atoms with Gasteiger partial charge in [-0.2, -0.15) is 0 Å². The Hall–Kier alpha value is -1.62. The number of nitrogens with zero attached hydrogens (tertiary/aromatic N) is 3. The molecule has 1 aromatic heterocycles. The lowest BCUT2D eigenvalue weighted by Gasteiger charge is -2.57. The van der Waals surface area contributed by atoms with Crippen molar-refractivity contribution in [2.75, 3.05) is 20.2 Å². The molecule has 5 nitrogen and oxygen atoms in total. The summed E-state index contributed by atoms with van der Waals surface area (Å²) in [6.07, 6.45) is 2.75.